The van der Waals surface area contributed by atoms with E-state index in [-0.39, 0.29) is 5.91 Å². The second-order valence-corrected chi connectivity index (χ2v) is 7.15. The number of amides is 1. The van der Waals surface area contributed by atoms with Crippen molar-refractivity contribution in [3.63, 3.8) is 0 Å². The predicted octanol–water partition coefficient (Wildman–Crippen LogP) is 3.37. The Morgan fingerprint density at radius 2 is 1.84 bits per heavy atom. The topological polar surface area (TPSA) is 52.8 Å². The minimum Gasteiger partial charge on any atom is -0.486 e. The van der Waals surface area contributed by atoms with Crippen LogP contribution in [0.2, 0.25) is 0 Å². The Balaban J connectivity index is 1.83. The fourth-order valence-electron chi connectivity index (χ4n) is 2.88. The van der Waals surface area contributed by atoms with Crippen molar-refractivity contribution in [3.8, 4) is 11.5 Å². The number of benzene rings is 2. The molecule has 128 valence electrons. The van der Waals surface area contributed by atoms with Crippen molar-refractivity contribution in [1.29, 1.82) is 0 Å². The zero-order chi connectivity index (χ0) is 17.6. The summed E-state index contributed by atoms with van der Waals surface area (Å²) in [5, 5.41) is 0. The van der Waals surface area contributed by atoms with Crippen molar-refractivity contribution in [2.75, 3.05) is 13.2 Å². The molecule has 2 aromatic carbocycles. The number of hydrogen-bond acceptors (Lipinski definition) is 4. The summed E-state index contributed by atoms with van der Waals surface area (Å²) < 4.78 is 14.2. The van der Waals surface area contributed by atoms with Crippen molar-refractivity contribution < 1.29 is 14.3 Å². The molecule has 1 aliphatic rings. The first-order chi connectivity index (χ1) is 12.0. The molecule has 6 heteroatoms. The number of hydrogen-bond donors (Lipinski definition) is 0. The number of ether oxygens (including phenoxy) is 2. The number of rotatable bonds is 1. The van der Waals surface area contributed by atoms with E-state index >= 15 is 0 Å². The van der Waals surface area contributed by atoms with E-state index in [2.05, 4.69) is 4.99 Å². The zero-order valence-corrected chi connectivity index (χ0v) is 15.1. The van der Waals surface area contributed by atoms with E-state index in [1.807, 2.05) is 55.8 Å². The molecule has 0 fully saturated rings. The van der Waals surface area contributed by atoms with Crippen molar-refractivity contribution in [1.82, 2.24) is 4.57 Å². The smallest absolute Gasteiger partial charge is 0.279 e. The summed E-state index contributed by atoms with van der Waals surface area (Å²) in [4.78, 5) is 17.7. The van der Waals surface area contributed by atoms with Crippen LogP contribution in [-0.4, -0.2) is 23.7 Å². The quantitative estimate of drug-likeness (QED) is 0.673. The van der Waals surface area contributed by atoms with Crippen LogP contribution in [0.1, 0.15) is 21.5 Å². The lowest BCUT2D eigenvalue weighted by Gasteiger charge is -2.18. The van der Waals surface area contributed by atoms with Gasteiger partial charge in [-0.1, -0.05) is 29.0 Å². The molecule has 0 saturated carbocycles. The predicted molar refractivity (Wildman–Crippen MR) is 97.6 cm³/mol. The van der Waals surface area contributed by atoms with Gasteiger partial charge in [-0.2, -0.15) is 4.99 Å². The van der Waals surface area contributed by atoms with E-state index < -0.39 is 0 Å². The standard InChI is InChI=1S/C19H18N2O3S/c1-11-4-5-12(2)13(8-11)18(22)20-19-21(3)14-9-15-16(10-17(14)25-19)24-7-6-23-15/h4-5,8-10H,6-7H2,1-3H3. The van der Waals surface area contributed by atoms with Crippen LogP contribution in [0.25, 0.3) is 10.2 Å². The fourth-order valence-corrected chi connectivity index (χ4v) is 3.91. The summed E-state index contributed by atoms with van der Waals surface area (Å²) in [7, 11) is 1.91. The second kappa shape index (κ2) is 6.04. The number of carbonyl (C=O) groups is 1. The highest BCUT2D eigenvalue weighted by atomic mass is 32.1. The lowest BCUT2D eigenvalue weighted by Crippen LogP contribution is -2.16. The van der Waals surface area contributed by atoms with Crippen molar-refractivity contribution in [3.05, 3.63) is 51.8 Å². The minimum atomic E-state index is -0.222. The van der Waals surface area contributed by atoms with E-state index in [1.54, 1.807) is 0 Å². The molecule has 0 atom stereocenters. The summed E-state index contributed by atoms with van der Waals surface area (Å²) in [6.07, 6.45) is 0. The molecule has 1 aliphatic heterocycles. The molecule has 0 N–H and O–H groups in total. The van der Waals surface area contributed by atoms with E-state index in [9.17, 15) is 4.79 Å². The zero-order valence-electron chi connectivity index (χ0n) is 14.3. The van der Waals surface area contributed by atoms with Gasteiger partial charge in [-0.05, 0) is 25.5 Å². The largest absolute Gasteiger partial charge is 0.486 e. The number of aromatic nitrogens is 1. The first-order valence-corrected chi connectivity index (χ1v) is 8.90. The van der Waals surface area contributed by atoms with Gasteiger partial charge in [-0.3, -0.25) is 4.79 Å². The lowest BCUT2D eigenvalue weighted by molar-refractivity contribution is 0.0997. The Hall–Kier alpha value is -2.60. The number of nitrogens with zero attached hydrogens (tertiary/aromatic N) is 2. The van der Waals surface area contributed by atoms with Gasteiger partial charge in [0.2, 0.25) is 0 Å². The third kappa shape index (κ3) is 2.82. The summed E-state index contributed by atoms with van der Waals surface area (Å²) in [6, 6.07) is 9.73. The van der Waals surface area contributed by atoms with Crippen molar-refractivity contribution in [2.45, 2.75) is 13.8 Å². The molecule has 5 nitrogen and oxygen atoms in total. The Morgan fingerprint density at radius 1 is 1.12 bits per heavy atom. The molecule has 0 radical (unpaired) electrons. The van der Waals surface area contributed by atoms with Crippen LogP contribution in [0.5, 0.6) is 11.5 Å². The second-order valence-electron chi connectivity index (χ2n) is 6.14. The molecule has 2 heterocycles. The van der Waals surface area contributed by atoms with Gasteiger partial charge in [0.25, 0.3) is 5.91 Å². The molecule has 4 rings (SSSR count). The fraction of sp³-hybridized carbons (Fsp3) is 0.263. The molecule has 1 amide bonds. The first-order valence-electron chi connectivity index (χ1n) is 8.08. The van der Waals surface area contributed by atoms with Crippen LogP contribution in [0.15, 0.2) is 35.3 Å². The number of thiazole rings is 1. The molecule has 0 spiro atoms. The third-order valence-electron chi connectivity index (χ3n) is 4.29. The molecular weight excluding hydrogens is 336 g/mol. The van der Waals surface area contributed by atoms with E-state index in [4.69, 9.17) is 9.47 Å². The summed E-state index contributed by atoms with van der Waals surface area (Å²) in [5.74, 6) is 1.26. The molecule has 0 aliphatic carbocycles. The third-order valence-corrected chi connectivity index (χ3v) is 5.39. The van der Waals surface area contributed by atoms with Crippen LogP contribution >= 0.6 is 11.3 Å². The van der Waals surface area contributed by atoms with Gasteiger partial charge in [0.15, 0.2) is 16.3 Å². The maximum atomic E-state index is 12.6. The van der Waals surface area contributed by atoms with Gasteiger partial charge < -0.3 is 14.0 Å². The van der Waals surface area contributed by atoms with Gasteiger partial charge >= 0.3 is 0 Å². The Bertz CT molecular complexity index is 1060. The van der Waals surface area contributed by atoms with Gasteiger partial charge in [0.1, 0.15) is 13.2 Å². The average molecular weight is 354 g/mol. The summed E-state index contributed by atoms with van der Waals surface area (Å²) in [5.41, 5.74) is 3.59. The normalized spacial score (nSPS) is 14.1. The molecule has 0 saturated heterocycles. The summed E-state index contributed by atoms with van der Waals surface area (Å²) in [6.45, 7) is 5.00. The van der Waals surface area contributed by atoms with Gasteiger partial charge in [-0.25, -0.2) is 0 Å². The maximum Gasteiger partial charge on any atom is 0.279 e. The Kier molecular flexibility index (Phi) is 3.84. The maximum absolute atomic E-state index is 12.6. The first kappa shape index (κ1) is 15.9. The monoisotopic (exact) mass is 354 g/mol. The Morgan fingerprint density at radius 3 is 2.60 bits per heavy atom. The van der Waals surface area contributed by atoms with Crippen LogP contribution in [0.3, 0.4) is 0 Å². The van der Waals surface area contributed by atoms with Gasteiger partial charge in [-0.15, -0.1) is 0 Å². The van der Waals surface area contributed by atoms with Crippen LogP contribution in [0.4, 0.5) is 0 Å². The molecule has 1 aromatic heterocycles. The Labute approximate surface area is 149 Å². The van der Waals surface area contributed by atoms with Gasteiger partial charge in [0.05, 0.1) is 10.2 Å². The van der Waals surface area contributed by atoms with Crippen molar-refractivity contribution in [2.24, 2.45) is 12.0 Å². The molecule has 25 heavy (non-hydrogen) atoms. The lowest BCUT2D eigenvalue weighted by atomic mass is 10.1. The highest BCUT2D eigenvalue weighted by molar-refractivity contribution is 7.16. The number of carbonyl (C=O) groups excluding carboxylic acids is 1. The van der Waals surface area contributed by atoms with E-state index in [0.29, 0.717) is 23.6 Å². The average Bonchev–Trinajstić information content (AvgIpc) is 2.90. The molecule has 0 bridgehead atoms. The van der Waals surface area contributed by atoms with Crippen LogP contribution < -0.4 is 14.3 Å². The van der Waals surface area contributed by atoms with E-state index in [1.165, 1.54) is 11.3 Å². The highest BCUT2D eigenvalue weighted by Gasteiger charge is 2.16. The van der Waals surface area contributed by atoms with Crippen LogP contribution in [-0.2, 0) is 7.05 Å². The molecule has 0 unspecified atom stereocenters. The molecule has 3 aromatic rings. The number of aryl methyl sites for hydroxylation is 3. The minimum absolute atomic E-state index is 0.222. The van der Waals surface area contributed by atoms with E-state index in [0.717, 1.165) is 32.8 Å². The summed E-state index contributed by atoms with van der Waals surface area (Å²) >= 11 is 1.47. The van der Waals surface area contributed by atoms with Crippen LogP contribution in [0, 0.1) is 13.8 Å². The highest BCUT2D eigenvalue weighted by Crippen LogP contribution is 2.35. The van der Waals surface area contributed by atoms with Crippen molar-refractivity contribution >= 4 is 27.5 Å². The van der Waals surface area contributed by atoms with Gasteiger partial charge in [0, 0.05) is 24.7 Å². The SMILES string of the molecule is Cc1ccc(C)c(C(=O)N=c2sc3cc4c(cc3n2C)OCCO4)c1. The molecular formula is C19H18N2O3S. The number of fused-ring (bicyclic) bond motifs is 2.